The minimum atomic E-state index is -0.291. The van der Waals surface area contributed by atoms with Gasteiger partial charge in [-0.3, -0.25) is 0 Å². The number of hydrogen-bond donors (Lipinski definition) is 0. The molecule has 1 aromatic carbocycles. The highest BCUT2D eigenvalue weighted by Crippen LogP contribution is 2.14. The summed E-state index contributed by atoms with van der Waals surface area (Å²) in [5, 5.41) is 0. The first-order valence-corrected chi connectivity index (χ1v) is 5.94. The van der Waals surface area contributed by atoms with Crippen LogP contribution in [-0.4, -0.2) is 33.6 Å². The summed E-state index contributed by atoms with van der Waals surface area (Å²) in [4.78, 5) is 11.6. The fourth-order valence-corrected chi connectivity index (χ4v) is 1.84. The second kappa shape index (κ2) is 7.84. The third-order valence-electron chi connectivity index (χ3n) is 2.83. The zero-order chi connectivity index (χ0) is 13.4. The van der Waals surface area contributed by atoms with E-state index in [9.17, 15) is 4.79 Å². The fourth-order valence-electron chi connectivity index (χ4n) is 1.84. The molecule has 0 radical (unpaired) electrons. The molecule has 0 amide bonds. The number of carbonyl (C=O) groups is 1. The third-order valence-corrected chi connectivity index (χ3v) is 2.83. The highest BCUT2D eigenvalue weighted by atomic mass is 16.7. The summed E-state index contributed by atoms with van der Waals surface area (Å²) < 4.78 is 15.0. The van der Waals surface area contributed by atoms with Crippen molar-refractivity contribution in [3.8, 4) is 0 Å². The minimum absolute atomic E-state index is 0.185. The number of esters is 1. The van der Waals surface area contributed by atoms with Crippen LogP contribution in [0.25, 0.3) is 0 Å². The molecule has 4 nitrogen and oxygen atoms in total. The smallest absolute Gasteiger partial charge is 0.338 e. The van der Waals surface area contributed by atoms with Gasteiger partial charge in [0, 0.05) is 14.2 Å². The number of aryl methyl sites for hydroxylation is 1. The summed E-state index contributed by atoms with van der Waals surface area (Å²) in [6.07, 6.45) is 2.30. The molecule has 0 saturated carbocycles. The molecule has 0 unspecified atom stereocenters. The van der Waals surface area contributed by atoms with Crippen molar-refractivity contribution >= 4 is 5.97 Å². The van der Waals surface area contributed by atoms with Gasteiger partial charge in [-0.1, -0.05) is 18.2 Å². The van der Waals surface area contributed by atoms with E-state index in [1.54, 1.807) is 20.3 Å². The molecule has 0 saturated heterocycles. The summed E-state index contributed by atoms with van der Waals surface area (Å²) in [6, 6.07) is 7.49. The molecule has 18 heavy (non-hydrogen) atoms. The van der Waals surface area contributed by atoms with Gasteiger partial charge in [0.15, 0.2) is 6.29 Å². The lowest BCUT2D eigenvalue weighted by Gasteiger charge is -2.13. The van der Waals surface area contributed by atoms with Crippen molar-refractivity contribution < 1.29 is 19.0 Å². The molecule has 0 spiro atoms. The van der Waals surface area contributed by atoms with Crippen LogP contribution < -0.4 is 0 Å². The third kappa shape index (κ3) is 4.13. The van der Waals surface area contributed by atoms with Crippen LogP contribution in [0.2, 0.25) is 0 Å². The second-order valence-corrected chi connectivity index (χ2v) is 3.94. The average molecular weight is 252 g/mol. The van der Waals surface area contributed by atoms with E-state index in [1.807, 2.05) is 18.2 Å². The van der Waals surface area contributed by atoms with E-state index in [4.69, 9.17) is 14.2 Å². The number of benzene rings is 1. The van der Waals surface area contributed by atoms with Crippen molar-refractivity contribution in [2.75, 3.05) is 21.3 Å². The Morgan fingerprint density at radius 3 is 2.44 bits per heavy atom. The number of carbonyl (C=O) groups excluding carboxylic acids is 1. The topological polar surface area (TPSA) is 44.8 Å². The van der Waals surface area contributed by atoms with Gasteiger partial charge in [0.2, 0.25) is 0 Å². The standard InChI is InChI=1S/C14H20O4/c1-16-13(17-2)10-6-8-11-7-4-5-9-12(11)14(15)18-3/h4-5,7,9,13H,6,8,10H2,1-3H3. The molecule has 0 heterocycles. The highest BCUT2D eigenvalue weighted by Gasteiger charge is 2.11. The lowest BCUT2D eigenvalue weighted by atomic mass is 10.0. The molecule has 0 aliphatic rings. The lowest BCUT2D eigenvalue weighted by Crippen LogP contribution is -2.13. The molecule has 1 rings (SSSR count). The van der Waals surface area contributed by atoms with Gasteiger partial charge in [0.1, 0.15) is 0 Å². The molecular weight excluding hydrogens is 232 g/mol. The van der Waals surface area contributed by atoms with E-state index in [0.29, 0.717) is 5.56 Å². The first-order chi connectivity index (χ1) is 8.72. The molecular formula is C14H20O4. The molecule has 0 atom stereocenters. The van der Waals surface area contributed by atoms with Crippen LogP contribution >= 0.6 is 0 Å². The van der Waals surface area contributed by atoms with E-state index in [2.05, 4.69) is 0 Å². The van der Waals surface area contributed by atoms with Crippen LogP contribution in [0.4, 0.5) is 0 Å². The van der Waals surface area contributed by atoms with Gasteiger partial charge in [-0.2, -0.15) is 0 Å². The Balaban J connectivity index is 2.59. The molecule has 0 aliphatic carbocycles. The summed E-state index contributed by atoms with van der Waals surface area (Å²) in [7, 11) is 4.64. The first kappa shape index (κ1) is 14.7. The molecule has 0 aliphatic heterocycles. The van der Waals surface area contributed by atoms with Crippen molar-refractivity contribution in [3.05, 3.63) is 35.4 Å². The predicted octanol–water partition coefficient (Wildman–Crippen LogP) is 2.41. The summed E-state index contributed by atoms with van der Waals surface area (Å²) in [5.41, 5.74) is 1.63. The predicted molar refractivity (Wildman–Crippen MR) is 68.5 cm³/mol. The van der Waals surface area contributed by atoms with Gasteiger partial charge in [0.05, 0.1) is 12.7 Å². The molecule has 4 heteroatoms. The van der Waals surface area contributed by atoms with Crippen LogP contribution in [0.1, 0.15) is 28.8 Å². The van der Waals surface area contributed by atoms with Gasteiger partial charge in [0.25, 0.3) is 0 Å². The maximum atomic E-state index is 11.6. The summed E-state index contributed by atoms with van der Waals surface area (Å²) in [6.45, 7) is 0. The maximum absolute atomic E-state index is 11.6. The number of ether oxygens (including phenoxy) is 3. The minimum Gasteiger partial charge on any atom is -0.465 e. The van der Waals surface area contributed by atoms with Crippen LogP contribution in [0.3, 0.4) is 0 Å². The van der Waals surface area contributed by atoms with Crippen LogP contribution in [0.15, 0.2) is 24.3 Å². The summed E-state index contributed by atoms with van der Waals surface area (Å²) in [5.74, 6) is -0.291. The van der Waals surface area contributed by atoms with Gasteiger partial charge < -0.3 is 14.2 Å². The van der Waals surface area contributed by atoms with Crippen LogP contribution in [0, 0.1) is 0 Å². The Morgan fingerprint density at radius 1 is 1.17 bits per heavy atom. The van der Waals surface area contributed by atoms with E-state index in [0.717, 1.165) is 24.8 Å². The van der Waals surface area contributed by atoms with E-state index >= 15 is 0 Å². The second-order valence-electron chi connectivity index (χ2n) is 3.94. The zero-order valence-electron chi connectivity index (χ0n) is 11.1. The Bertz CT molecular complexity index is 372. The maximum Gasteiger partial charge on any atom is 0.338 e. The molecule has 0 bridgehead atoms. The largest absolute Gasteiger partial charge is 0.465 e. The van der Waals surface area contributed by atoms with Gasteiger partial charge >= 0.3 is 5.97 Å². The monoisotopic (exact) mass is 252 g/mol. The molecule has 1 aromatic rings. The number of methoxy groups -OCH3 is 3. The fraction of sp³-hybridized carbons (Fsp3) is 0.500. The van der Waals surface area contributed by atoms with Crippen molar-refractivity contribution in [1.82, 2.24) is 0 Å². The molecule has 0 aromatic heterocycles. The molecule has 0 N–H and O–H groups in total. The molecule has 0 fully saturated rings. The average Bonchev–Trinajstić information content (AvgIpc) is 2.43. The lowest BCUT2D eigenvalue weighted by molar-refractivity contribution is -0.106. The number of hydrogen-bond acceptors (Lipinski definition) is 4. The zero-order valence-corrected chi connectivity index (χ0v) is 11.1. The van der Waals surface area contributed by atoms with Crippen LogP contribution in [0.5, 0.6) is 0 Å². The number of rotatable bonds is 7. The molecule has 100 valence electrons. The first-order valence-electron chi connectivity index (χ1n) is 5.94. The Kier molecular flexibility index (Phi) is 6.39. The Labute approximate surface area is 108 Å². The van der Waals surface area contributed by atoms with Gasteiger partial charge in [-0.05, 0) is 30.9 Å². The van der Waals surface area contributed by atoms with Crippen molar-refractivity contribution in [2.45, 2.75) is 25.6 Å². The summed E-state index contributed by atoms with van der Waals surface area (Å²) >= 11 is 0. The normalized spacial score (nSPS) is 10.7. The van der Waals surface area contributed by atoms with Crippen molar-refractivity contribution in [2.24, 2.45) is 0 Å². The van der Waals surface area contributed by atoms with E-state index in [-0.39, 0.29) is 12.3 Å². The van der Waals surface area contributed by atoms with Gasteiger partial charge in [-0.25, -0.2) is 4.79 Å². The van der Waals surface area contributed by atoms with Crippen LogP contribution in [-0.2, 0) is 20.6 Å². The Hall–Kier alpha value is -1.39. The quantitative estimate of drug-likeness (QED) is 0.552. The highest BCUT2D eigenvalue weighted by molar-refractivity contribution is 5.90. The van der Waals surface area contributed by atoms with E-state index in [1.165, 1.54) is 7.11 Å². The van der Waals surface area contributed by atoms with Gasteiger partial charge in [-0.15, -0.1) is 0 Å². The SMILES string of the molecule is COC(=O)c1ccccc1CCCC(OC)OC. The Morgan fingerprint density at radius 2 is 1.83 bits per heavy atom. The van der Waals surface area contributed by atoms with Crippen molar-refractivity contribution in [3.63, 3.8) is 0 Å². The van der Waals surface area contributed by atoms with Crippen molar-refractivity contribution in [1.29, 1.82) is 0 Å². The van der Waals surface area contributed by atoms with E-state index < -0.39 is 0 Å².